The summed E-state index contributed by atoms with van der Waals surface area (Å²) in [6.45, 7) is 1.79. The molecule has 0 fully saturated rings. The van der Waals surface area contributed by atoms with Gasteiger partial charge in [-0.05, 0) is 13.0 Å². The van der Waals surface area contributed by atoms with Crippen molar-refractivity contribution >= 4 is 0 Å². The van der Waals surface area contributed by atoms with E-state index in [2.05, 4.69) is 9.97 Å². The van der Waals surface area contributed by atoms with Gasteiger partial charge < -0.3 is 0 Å². The molecule has 2 nitrogen and oxygen atoms in total. The van der Waals surface area contributed by atoms with Gasteiger partial charge in [0, 0.05) is 18.8 Å². The second-order valence-electron chi connectivity index (χ2n) is 2.35. The predicted molar refractivity (Wildman–Crippen MR) is 40.8 cm³/mol. The first-order chi connectivity index (χ1) is 5.68. The first-order valence-corrected chi connectivity index (χ1v) is 3.47. The van der Waals surface area contributed by atoms with Crippen molar-refractivity contribution in [1.82, 2.24) is 9.97 Å². The van der Waals surface area contributed by atoms with Crippen LogP contribution in [0.2, 0.25) is 0 Å². The summed E-state index contributed by atoms with van der Waals surface area (Å²) < 4.78 is 23.2. The molecule has 1 aromatic rings. The van der Waals surface area contributed by atoms with Crippen LogP contribution in [0.4, 0.5) is 8.78 Å². The molecule has 0 bridgehead atoms. The lowest BCUT2D eigenvalue weighted by Gasteiger charge is -1.94. The molecule has 0 atom stereocenters. The third kappa shape index (κ3) is 2.74. The lowest BCUT2D eigenvalue weighted by Crippen LogP contribution is -1.90. The van der Waals surface area contributed by atoms with Crippen molar-refractivity contribution in [3.05, 3.63) is 35.9 Å². The maximum atomic E-state index is 11.6. The van der Waals surface area contributed by atoms with Crippen LogP contribution in [0.3, 0.4) is 0 Å². The zero-order valence-corrected chi connectivity index (χ0v) is 6.59. The molecule has 64 valence electrons. The Morgan fingerprint density at radius 2 is 2.17 bits per heavy atom. The quantitative estimate of drug-likeness (QED) is 0.679. The minimum absolute atomic E-state index is 0.135. The van der Waals surface area contributed by atoms with Crippen molar-refractivity contribution < 1.29 is 8.78 Å². The van der Waals surface area contributed by atoms with Gasteiger partial charge in [0.1, 0.15) is 0 Å². The summed E-state index contributed by atoms with van der Waals surface area (Å²) in [4.78, 5) is 7.83. The molecule has 0 aliphatic heterocycles. The number of halogens is 2. The minimum Gasteiger partial charge on any atom is -0.258 e. The van der Waals surface area contributed by atoms with Crippen LogP contribution < -0.4 is 0 Å². The Morgan fingerprint density at radius 1 is 1.42 bits per heavy atom. The molecule has 0 saturated carbocycles. The molecule has 4 heteroatoms. The lowest BCUT2D eigenvalue weighted by atomic mass is 10.3. The van der Waals surface area contributed by atoms with Gasteiger partial charge in [0.15, 0.2) is 0 Å². The van der Waals surface area contributed by atoms with Crippen LogP contribution in [0.5, 0.6) is 0 Å². The zero-order chi connectivity index (χ0) is 8.97. The zero-order valence-electron chi connectivity index (χ0n) is 6.59. The van der Waals surface area contributed by atoms with Gasteiger partial charge in [-0.1, -0.05) is 0 Å². The van der Waals surface area contributed by atoms with Crippen molar-refractivity contribution in [3.8, 4) is 0 Å². The molecular formula is C8H8F2N2. The Kier molecular flexibility index (Phi) is 2.85. The first kappa shape index (κ1) is 8.77. The van der Waals surface area contributed by atoms with Gasteiger partial charge >= 0.3 is 0 Å². The molecular weight excluding hydrogens is 162 g/mol. The molecule has 0 aromatic carbocycles. The molecule has 1 aromatic heterocycles. The molecule has 12 heavy (non-hydrogen) atoms. The Morgan fingerprint density at radius 3 is 2.67 bits per heavy atom. The molecule has 0 aliphatic rings. The van der Waals surface area contributed by atoms with E-state index in [4.69, 9.17) is 0 Å². The third-order valence-corrected chi connectivity index (χ3v) is 1.30. The van der Waals surface area contributed by atoms with Crippen LogP contribution in [0, 0.1) is 6.92 Å². The average molecular weight is 170 g/mol. The summed E-state index contributed by atoms with van der Waals surface area (Å²) in [7, 11) is 0. The van der Waals surface area contributed by atoms with Gasteiger partial charge in [0.2, 0.25) is 0 Å². The van der Waals surface area contributed by atoms with Gasteiger partial charge in [-0.2, -0.15) is 8.78 Å². The number of aryl methyl sites for hydroxylation is 1. The van der Waals surface area contributed by atoms with Gasteiger partial charge in [-0.3, -0.25) is 9.97 Å². The predicted octanol–water partition coefficient (Wildman–Crippen LogP) is 2.11. The Bertz CT molecular complexity index is 276. The Balaban J connectivity index is 2.65. The van der Waals surface area contributed by atoms with Gasteiger partial charge in [-0.25, -0.2) is 0 Å². The fourth-order valence-corrected chi connectivity index (χ4v) is 0.706. The fraction of sp³-hybridized carbons (Fsp3) is 0.250. The first-order valence-electron chi connectivity index (χ1n) is 3.47. The molecule has 0 radical (unpaired) electrons. The van der Waals surface area contributed by atoms with E-state index in [1.165, 1.54) is 6.20 Å². The largest absolute Gasteiger partial charge is 0.266 e. The average Bonchev–Trinajstić information content (AvgIpc) is 2.03. The molecule has 1 heterocycles. The molecule has 0 aliphatic carbocycles. The van der Waals surface area contributed by atoms with Crippen molar-refractivity contribution in [1.29, 1.82) is 0 Å². The van der Waals surface area contributed by atoms with E-state index in [1.54, 1.807) is 13.1 Å². The van der Waals surface area contributed by atoms with E-state index in [9.17, 15) is 8.78 Å². The highest BCUT2D eigenvalue weighted by molar-refractivity contribution is 5.05. The second-order valence-corrected chi connectivity index (χ2v) is 2.35. The summed E-state index contributed by atoms with van der Waals surface area (Å²) in [5, 5.41) is 0. The van der Waals surface area contributed by atoms with Crippen molar-refractivity contribution in [2.45, 2.75) is 13.3 Å². The van der Waals surface area contributed by atoms with Gasteiger partial charge in [-0.15, -0.1) is 0 Å². The topological polar surface area (TPSA) is 25.8 Å². The van der Waals surface area contributed by atoms with Crippen molar-refractivity contribution in [2.24, 2.45) is 0 Å². The van der Waals surface area contributed by atoms with Crippen LogP contribution in [0.15, 0.2) is 24.6 Å². The highest BCUT2D eigenvalue weighted by atomic mass is 19.3. The monoisotopic (exact) mass is 170 g/mol. The molecule has 0 unspecified atom stereocenters. The minimum atomic E-state index is -1.68. The summed E-state index contributed by atoms with van der Waals surface area (Å²) in [6.07, 6.45) is 2.32. The van der Waals surface area contributed by atoms with Crippen LogP contribution >= 0.6 is 0 Å². The van der Waals surface area contributed by atoms with Crippen molar-refractivity contribution in [2.75, 3.05) is 0 Å². The number of aromatic nitrogens is 2. The molecule has 0 amide bonds. The lowest BCUT2D eigenvalue weighted by molar-refractivity contribution is 0.418. The second kappa shape index (κ2) is 3.90. The SMILES string of the molecule is Cc1cnc(CC=C(F)F)cn1. The van der Waals surface area contributed by atoms with Crippen LogP contribution in [0.1, 0.15) is 11.4 Å². The normalized spacial score (nSPS) is 9.58. The van der Waals surface area contributed by atoms with E-state index < -0.39 is 6.08 Å². The maximum Gasteiger partial charge on any atom is 0.266 e. The van der Waals surface area contributed by atoms with E-state index >= 15 is 0 Å². The number of hydrogen-bond donors (Lipinski definition) is 0. The Hall–Kier alpha value is -1.32. The van der Waals surface area contributed by atoms with Gasteiger partial charge in [0.25, 0.3) is 6.08 Å². The fourth-order valence-electron chi connectivity index (χ4n) is 0.706. The third-order valence-electron chi connectivity index (χ3n) is 1.30. The maximum absolute atomic E-state index is 11.6. The molecule has 1 rings (SSSR count). The summed E-state index contributed by atoms with van der Waals surface area (Å²) in [6, 6.07) is 0. The van der Waals surface area contributed by atoms with E-state index in [0.29, 0.717) is 5.69 Å². The highest BCUT2D eigenvalue weighted by Crippen LogP contribution is 2.01. The van der Waals surface area contributed by atoms with Gasteiger partial charge in [0.05, 0.1) is 11.4 Å². The molecule has 0 N–H and O–H groups in total. The van der Waals surface area contributed by atoms with Crippen LogP contribution in [-0.4, -0.2) is 9.97 Å². The summed E-state index contributed by atoms with van der Waals surface area (Å²) in [5.41, 5.74) is 1.33. The number of hydrogen-bond acceptors (Lipinski definition) is 2. The molecule has 0 spiro atoms. The number of allylic oxidation sites excluding steroid dienone is 1. The van der Waals surface area contributed by atoms with Crippen LogP contribution in [0.25, 0.3) is 0 Å². The highest BCUT2D eigenvalue weighted by Gasteiger charge is 1.94. The number of rotatable bonds is 2. The smallest absolute Gasteiger partial charge is 0.258 e. The molecule has 0 saturated heterocycles. The van der Waals surface area contributed by atoms with E-state index in [1.807, 2.05) is 0 Å². The summed E-state index contributed by atoms with van der Waals surface area (Å²) >= 11 is 0. The standard InChI is InChI=1S/C8H8F2N2/c1-6-4-12-7(5-11-6)2-3-8(9)10/h3-5H,2H2,1H3. The summed E-state index contributed by atoms with van der Waals surface area (Å²) in [5.74, 6) is 0. The van der Waals surface area contributed by atoms with Crippen molar-refractivity contribution in [3.63, 3.8) is 0 Å². The van der Waals surface area contributed by atoms with E-state index in [0.717, 1.165) is 11.8 Å². The van der Waals surface area contributed by atoms with Crippen LogP contribution in [-0.2, 0) is 6.42 Å². The number of nitrogens with zero attached hydrogens (tertiary/aromatic N) is 2. The van der Waals surface area contributed by atoms with E-state index in [-0.39, 0.29) is 6.42 Å². The Labute approximate surface area is 69.0 Å².